The fraction of sp³-hybridized carbons (Fsp3) is 0.733. The highest BCUT2D eigenvalue weighted by molar-refractivity contribution is 7.90. The number of nitrogens with zero attached hydrogens (tertiary/aromatic N) is 1. The first-order valence-corrected chi connectivity index (χ1v) is 9.75. The van der Waals surface area contributed by atoms with Crippen LogP contribution in [0.1, 0.15) is 39.0 Å². The second-order valence-electron chi connectivity index (χ2n) is 7.12. The highest BCUT2D eigenvalue weighted by Crippen LogP contribution is 2.33. The van der Waals surface area contributed by atoms with Gasteiger partial charge in [-0.3, -0.25) is 15.4 Å². The molecule has 2 rings (SSSR count). The Balaban J connectivity index is 2.09. The van der Waals surface area contributed by atoms with Gasteiger partial charge in [-0.2, -0.15) is 0 Å². The number of hydrogen-bond donors (Lipinski definition) is 4. The number of aliphatic hydroxyl groups excluding tert-OH is 1. The van der Waals surface area contributed by atoms with Crippen molar-refractivity contribution in [1.29, 1.82) is 0 Å². The molecule has 2 unspecified atom stereocenters. The molecule has 2 aliphatic carbocycles. The molecule has 0 spiro atoms. The summed E-state index contributed by atoms with van der Waals surface area (Å²) in [7, 11) is -4.36. The van der Waals surface area contributed by atoms with Crippen molar-refractivity contribution in [2.75, 3.05) is 6.54 Å². The van der Waals surface area contributed by atoms with Crippen LogP contribution in [0.15, 0.2) is 23.9 Å². The molecule has 0 amide bonds. The minimum atomic E-state index is -4.36. The molecule has 5 N–H and O–H groups in total. The predicted octanol–water partition coefficient (Wildman–Crippen LogP) is -0.0166. The van der Waals surface area contributed by atoms with Crippen molar-refractivity contribution in [1.82, 2.24) is 5.32 Å². The van der Waals surface area contributed by atoms with E-state index in [9.17, 15) is 28.7 Å². The van der Waals surface area contributed by atoms with E-state index in [4.69, 9.17) is 5.14 Å². The average Bonchev–Trinajstić information content (AvgIpc) is 2.49. The van der Waals surface area contributed by atoms with Gasteiger partial charge in [-0.25, -0.2) is 13.6 Å². The van der Waals surface area contributed by atoms with Crippen molar-refractivity contribution in [2.45, 2.75) is 55.6 Å². The predicted molar refractivity (Wildman–Crippen MR) is 91.3 cm³/mol. The van der Waals surface area contributed by atoms with E-state index < -0.39 is 37.2 Å². The van der Waals surface area contributed by atoms with Gasteiger partial charge in [0.1, 0.15) is 6.10 Å². The van der Waals surface area contributed by atoms with Gasteiger partial charge < -0.3 is 10.2 Å². The molecule has 25 heavy (non-hydrogen) atoms. The third-order valence-corrected chi connectivity index (χ3v) is 6.51. The SMILES string of the molecule is CC1(O)CCC(CCNC2(S(N)(=O)=O)C=C([N+](=O)[O-])C=CC2O)CC1. The number of sulfonamides is 1. The molecule has 0 aliphatic heterocycles. The van der Waals surface area contributed by atoms with E-state index in [1.54, 1.807) is 6.92 Å². The molecule has 10 heteroatoms. The number of nitrogens with two attached hydrogens (primary N) is 1. The molecule has 0 heterocycles. The van der Waals surface area contributed by atoms with Crippen LogP contribution in [0, 0.1) is 16.0 Å². The van der Waals surface area contributed by atoms with Gasteiger partial charge in [0.05, 0.1) is 10.5 Å². The Morgan fingerprint density at radius 3 is 2.56 bits per heavy atom. The molecule has 1 saturated carbocycles. The summed E-state index contributed by atoms with van der Waals surface area (Å²) in [5, 5.41) is 39.1. The zero-order chi connectivity index (χ0) is 18.9. The van der Waals surface area contributed by atoms with Crippen molar-refractivity contribution in [3.8, 4) is 0 Å². The Morgan fingerprint density at radius 2 is 2.04 bits per heavy atom. The Labute approximate surface area is 146 Å². The van der Waals surface area contributed by atoms with Gasteiger partial charge in [0, 0.05) is 12.2 Å². The van der Waals surface area contributed by atoms with Crippen LogP contribution in [-0.2, 0) is 10.0 Å². The lowest BCUT2D eigenvalue weighted by Crippen LogP contribution is -2.62. The number of hydrogen-bond acceptors (Lipinski definition) is 7. The van der Waals surface area contributed by atoms with Crippen molar-refractivity contribution >= 4 is 10.0 Å². The summed E-state index contributed by atoms with van der Waals surface area (Å²) in [4.78, 5) is 8.13. The Morgan fingerprint density at radius 1 is 1.44 bits per heavy atom. The Kier molecular flexibility index (Phi) is 5.69. The van der Waals surface area contributed by atoms with Gasteiger partial charge in [0.2, 0.25) is 10.0 Å². The quantitative estimate of drug-likeness (QED) is 0.375. The van der Waals surface area contributed by atoms with Gasteiger partial charge in [-0.05, 0) is 57.6 Å². The van der Waals surface area contributed by atoms with Crippen LogP contribution in [0.3, 0.4) is 0 Å². The molecule has 0 saturated heterocycles. The second-order valence-corrected chi connectivity index (χ2v) is 8.89. The van der Waals surface area contributed by atoms with E-state index in [1.807, 2.05) is 0 Å². The molecule has 142 valence electrons. The lowest BCUT2D eigenvalue weighted by molar-refractivity contribution is -0.419. The van der Waals surface area contributed by atoms with E-state index in [-0.39, 0.29) is 6.54 Å². The Hall–Kier alpha value is -1.33. The maximum atomic E-state index is 12.1. The molecule has 0 bridgehead atoms. The summed E-state index contributed by atoms with van der Waals surface area (Å²) < 4.78 is 24.2. The lowest BCUT2D eigenvalue weighted by Gasteiger charge is -2.36. The van der Waals surface area contributed by atoms with Crippen LogP contribution in [0.2, 0.25) is 0 Å². The second kappa shape index (κ2) is 7.12. The van der Waals surface area contributed by atoms with Crippen LogP contribution in [0.25, 0.3) is 0 Å². The smallest absolute Gasteiger partial charge is 0.268 e. The van der Waals surface area contributed by atoms with Crippen LogP contribution >= 0.6 is 0 Å². The number of nitrogens with one attached hydrogen (secondary N) is 1. The van der Waals surface area contributed by atoms with Crippen LogP contribution in [-0.4, -0.2) is 46.7 Å². The molecule has 9 nitrogen and oxygen atoms in total. The zero-order valence-electron chi connectivity index (χ0n) is 14.1. The highest BCUT2D eigenvalue weighted by Gasteiger charge is 2.49. The van der Waals surface area contributed by atoms with Gasteiger partial charge in [0.15, 0.2) is 4.87 Å². The van der Waals surface area contributed by atoms with Crippen molar-refractivity contribution in [2.24, 2.45) is 11.1 Å². The summed E-state index contributed by atoms with van der Waals surface area (Å²) in [6, 6.07) is 0. The molecular formula is C15H25N3O6S. The van der Waals surface area contributed by atoms with Crippen LogP contribution < -0.4 is 10.5 Å². The van der Waals surface area contributed by atoms with E-state index >= 15 is 0 Å². The largest absolute Gasteiger partial charge is 0.390 e. The maximum Gasteiger partial charge on any atom is 0.268 e. The minimum Gasteiger partial charge on any atom is -0.390 e. The molecule has 2 atom stereocenters. The maximum absolute atomic E-state index is 12.1. The van der Waals surface area contributed by atoms with Gasteiger partial charge in [-0.1, -0.05) is 0 Å². The van der Waals surface area contributed by atoms with Gasteiger partial charge in [-0.15, -0.1) is 0 Å². The molecule has 0 aromatic rings. The number of rotatable bonds is 6. The van der Waals surface area contributed by atoms with Crippen LogP contribution in [0.5, 0.6) is 0 Å². The standard InChI is InChI=1S/C15H25N3O6S/c1-14(20)7-4-11(5-8-14)6-9-17-15(25(16,23)24)10-12(18(21)22)2-3-13(15)19/h2-3,10-11,13,17,19-20H,4-9H2,1H3,(H2,16,23,24). The molecule has 2 aliphatic rings. The molecule has 1 fully saturated rings. The number of aliphatic hydroxyl groups is 2. The fourth-order valence-corrected chi connectivity index (χ4v) is 4.37. The number of primary sulfonamides is 1. The monoisotopic (exact) mass is 375 g/mol. The average molecular weight is 375 g/mol. The molecule has 0 aromatic carbocycles. The normalized spacial score (nSPS) is 36.1. The van der Waals surface area contributed by atoms with E-state index in [0.717, 1.165) is 31.1 Å². The topological polar surface area (TPSA) is 156 Å². The lowest BCUT2D eigenvalue weighted by atomic mass is 9.78. The first-order chi connectivity index (χ1) is 11.5. The molecule has 0 aromatic heterocycles. The first kappa shape index (κ1) is 20.0. The van der Waals surface area contributed by atoms with E-state index in [2.05, 4.69) is 5.32 Å². The summed E-state index contributed by atoms with van der Waals surface area (Å²) in [6.07, 6.45) is 5.03. The zero-order valence-corrected chi connectivity index (χ0v) is 14.9. The van der Waals surface area contributed by atoms with Crippen molar-refractivity contribution in [3.05, 3.63) is 34.0 Å². The third kappa shape index (κ3) is 4.45. The highest BCUT2D eigenvalue weighted by atomic mass is 32.2. The summed E-state index contributed by atoms with van der Waals surface area (Å²) >= 11 is 0. The summed E-state index contributed by atoms with van der Waals surface area (Å²) in [5.41, 5.74) is -1.10. The van der Waals surface area contributed by atoms with Gasteiger partial charge in [0.25, 0.3) is 5.70 Å². The van der Waals surface area contributed by atoms with Gasteiger partial charge >= 0.3 is 0 Å². The first-order valence-electron chi connectivity index (χ1n) is 8.20. The summed E-state index contributed by atoms with van der Waals surface area (Å²) in [6.45, 7) is 2.02. The summed E-state index contributed by atoms with van der Waals surface area (Å²) in [5.74, 6) is 0.306. The number of allylic oxidation sites excluding steroid dienone is 1. The van der Waals surface area contributed by atoms with Crippen LogP contribution in [0.4, 0.5) is 0 Å². The van der Waals surface area contributed by atoms with Crippen molar-refractivity contribution in [3.63, 3.8) is 0 Å². The molecule has 0 radical (unpaired) electrons. The van der Waals surface area contributed by atoms with E-state index in [1.165, 1.54) is 0 Å². The molecular weight excluding hydrogens is 350 g/mol. The minimum absolute atomic E-state index is 0.218. The van der Waals surface area contributed by atoms with Crippen molar-refractivity contribution < 1.29 is 23.6 Å². The van der Waals surface area contributed by atoms with E-state index in [0.29, 0.717) is 25.2 Å². The third-order valence-electron chi connectivity index (χ3n) is 5.07. The fourth-order valence-electron chi connectivity index (χ4n) is 3.37. The number of nitro groups is 1. The Bertz CT molecular complexity index is 677.